The number of thiocarbonyl (C=S) groups is 1. The van der Waals surface area contributed by atoms with Gasteiger partial charge in [-0.1, -0.05) is 26.8 Å². The highest BCUT2D eigenvalue weighted by molar-refractivity contribution is 7.80. The third-order valence-electron chi connectivity index (χ3n) is 4.80. The molecule has 2 N–H and O–H groups in total. The van der Waals surface area contributed by atoms with Crippen molar-refractivity contribution in [2.24, 2.45) is 11.3 Å². The fraction of sp³-hybridized carbons (Fsp3) is 0.421. The van der Waals surface area contributed by atoms with Gasteiger partial charge < -0.3 is 5.32 Å². The first kappa shape index (κ1) is 19.0. The van der Waals surface area contributed by atoms with Crippen molar-refractivity contribution >= 4 is 50.9 Å². The number of nitrogens with one attached hydrogen (secondary N) is 2. The van der Waals surface area contributed by atoms with E-state index in [4.69, 9.17) is 12.2 Å². The summed E-state index contributed by atoms with van der Waals surface area (Å²) in [7, 11) is 0. The zero-order chi connectivity index (χ0) is 18.9. The minimum Gasteiger partial charge on any atom is -0.323 e. The summed E-state index contributed by atoms with van der Waals surface area (Å²) in [5, 5.41) is 18.2. The van der Waals surface area contributed by atoms with E-state index < -0.39 is 0 Å². The van der Waals surface area contributed by atoms with Gasteiger partial charge in [-0.2, -0.15) is 5.26 Å². The molecule has 26 heavy (non-hydrogen) atoms. The van der Waals surface area contributed by atoms with Crippen molar-refractivity contribution in [1.82, 2.24) is 5.32 Å². The number of nitrogens with zero attached hydrogens (tertiary/aromatic N) is 1. The Morgan fingerprint density at radius 3 is 2.81 bits per heavy atom. The second kappa shape index (κ2) is 7.47. The van der Waals surface area contributed by atoms with Gasteiger partial charge in [0.1, 0.15) is 11.1 Å². The summed E-state index contributed by atoms with van der Waals surface area (Å²) in [5.74, 6) is 0.378. The standard InChI is InChI=1S/C19H21N3OS3/c1-19(2,3)11-6-7-12-13(10-20)17(26-15(12)9-11)22-18(24)21-16(23)14-5-4-8-25-14/h4-5,8,11H,6-7,9H2,1-3H3,(H2,21,22,23,24)/t11-/m0/s1. The lowest BCUT2D eigenvalue weighted by atomic mass is 9.72. The highest BCUT2D eigenvalue weighted by atomic mass is 32.1. The molecule has 2 heterocycles. The summed E-state index contributed by atoms with van der Waals surface area (Å²) >= 11 is 8.23. The average molecular weight is 404 g/mol. The molecular formula is C19H21N3OS3. The molecular weight excluding hydrogens is 382 g/mol. The minimum atomic E-state index is -0.231. The number of hydrogen-bond donors (Lipinski definition) is 2. The first-order chi connectivity index (χ1) is 12.3. The van der Waals surface area contributed by atoms with Crippen LogP contribution in [-0.2, 0) is 12.8 Å². The van der Waals surface area contributed by atoms with Crippen LogP contribution in [0.1, 0.15) is 52.9 Å². The number of thiophene rings is 2. The van der Waals surface area contributed by atoms with Crippen LogP contribution in [0.5, 0.6) is 0 Å². The first-order valence-electron chi connectivity index (χ1n) is 8.50. The van der Waals surface area contributed by atoms with E-state index in [9.17, 15) is 10.1 Å². The third-order valence-corrected chi connectivity index (χ3v) is 7.04. The van der Waals surface area contributed by atoms with E-state index >= 15 is 0 Å². The molecule has 0 bridgehead atoms. The van der Waals surface area contributed by atoms with E-state index in [-0.39, 0.29) is 16.4 Å². The molecule has 1 aliphatic carbocycles. The number of nitriles is 1. The van der Waals surface area contributed by atoms with Gasteiger partial charge in [-0.05, 0) is 59.8 Å². The van der Waals surface area contributed by atoms with Gasteiger partial charge in [0.15, 0.2) is 5.11 Å². The number of rotatable bonds is 2. The Kier molecular flexibility index (Phi) is 5.47. The van der Waals surface area contributed by atoms with Gasteiger partial charge >= 0.3 is 0 Å². The number of fused-ring (bicyclic) bond motifs is 1. The first-order valence-corrected chi connectivity index (χ1v) is 10.6. The number of carbonyl (C=O) groups is 1. The lowest BCUT2D eigenvalue weighted by Crippen LogP contribution is -2.33. The lowest BCUT2D eigenvalue weighted by Gasteiger charge is -2.33. The molecule has 0 fully saturated rings. The van der Waals surface area contributed by atoms with Crippen LogP contribution in [0.25, 0.3) is 0 Å². The Labute approximate surface area is 167 Å². The van der Waals surface area contributed by atoms with Gasteiger partial charge in [0.25, 0.3) is 5.91 Å². The summed E-state index contributed by atoms with van der Waals surface area (Å²) in [5.41, 5.74) is 2.07. The van der Waals surface area contributed by atoms with Crippen LogP contribution in [0, 0.1) is 22.7 Å². The van der Waals surface area contributed by atoms with Gasteiger partial charge in [0.05, 0.1) is 10.4 Å². The van der Waals surface area contributed by atoms with E-state index in [0.717, 1.165) is 29.8 Å². The maximum absolute atomic E-state index is 12.1. The minimum absolute atomic E-state index is 0.228. The molecule has 0 radical (unpaired) electrons. The molecule has 0 saturated heterocycles. The summed E-state index contributed by atoms with van der Waals surface area (Å²) in [6.07, 6.45) is 3.02. The zero-order valence-electron chi connectivity index (χ0n) is 15.0. The topological polar surface area (TPSA) is 64.9 Å². The highest BCUT2D eigenvalue weighted by Gasteiger charge is 2.32. The monoisotopic (exact) mass is 403 g/mol. The van der Waals surface area contributed by atoms with Crippen LogP contribution in [0.3, 0.4) is 0 Å². The molecule has 0 aliphatic heterocycles. The molecule has 0 saturated carbocycles. The van der Waals surface area contributed by atoms with Crippen LogP contribution < -0.4 is 10.6 Å². The van der Waals surface area contributed by atoms with Crippen molar-refractivity contribution in [2.45, 2.75) is 40.0 Å². The van der Waals surface area contributed by atoms with Crippen LogP contribution in [0.15, 0.2) is 17.5 Å². The van der Waals surface area contributed by atoms with Crippen molar-refractivity contribution in [3.63, 3.8) is 0 Å². The Morgan fingerprint density at radius 1 is 1.42 bits per heavy atom. The SMILES string of the molecule is CC(C)(C)[C@H]1CCc2c(sc(NC(=S)NC(=O)c3cccs3)c2C#N)C1. The molecule has 1 amide bonds. The number of anilines is 1. The van der Waals surface area contributed by atoms with Crippen molar-refractivity contribution in [1.29, 1.82) is 5.26 Å². The molecule has 1 aliphatic rings. The average Bonchev–Trinajstić information content (AvgIpc) is 3.20. The van der Waals surface area contributed by atoms with Crippen LogP contribution in [0.2, 0.25) is 0 Å². The maximum atomic E-state index is 12.1. The summed E-state index contributed by atoms with van der Waals surface area (Å²) in [4.78, 5) is 14.0. The molecule has 2 aromatic heterocycles. The van der Waals surface area contributed by atoms with E-state index in [1.807, 2.05) is 11.4 Å². The summed E-state index contributed by atoms with van der Waals surface area (Å²) < 4.78 is 0. The lowest BCUT2D eigenvalue weighted by molar-refractivity contribution is 0.0981. The third kappa shape index (κ3) is 3.98. The molecule has 3 rings (SSSR count). The Bertz CT molecular complexity index is 869. The van der Waals surface area contributed by atoms with E-state index in [0.29, 0.717) is 16.4 Å². The maximum Gasteiger partial charge on any atom is 0.267 e. The number of carbonyl (C=O) groups excluding carboxylic acids is 1. The van der Waals surface area contributed by atoms with Crippen molar-refractivity contribution in [3.8, 4) is 6.07 Å². The quantitative estimate of drug-likeness (QED) is 0.696. The normalized spacial score (nSPS) is 16.5. The van der Waals surface area contributed by atoms with Gasteiger partial charge in [0.2, 0.25) is 0 Å². The Hall–Kier alpha value is -1.75. The van der Waals surface area contributed by atoms with Crippen LogP contribution in [-0.4, -0.2) is 11.0 Å². The van der Waals surface area contributed by atoms with Crippen LogP contribution >= 0.6 is 34.9 Å². The van der Waals surface area contributed by atoms with Crippen molar-refractivity contribution < 1.29 is 4.79 Å². The predicted octanol–water partition coefficient (Wildman–Crippen LogP) is 4.96. The highest BCUT2D eigenvalue weighted by Crippen LogP contribution is 2.43. The Morgan fingerprint density at radius 2 is 2.19 bits per heavy atom. The number of hydrogen-bond acceptors (Lipinski definition) is 5. The number of amides is 1. The second-order valence-corrected chi connectivity index (χ2v) is 9.97. The second-order valence-electron chi connectivity index (χ2n) is 7.51. The molecule has 1 atom stereocenters. The molecule has 136 valence electrons. The smallest absolute Gasteiger partial charge is 0.267 e. The predicted molar refractivity (Wildman–Crippen MR) is 112 cm³/mol. The summed E-state index contributed by atoms with van der Waals surface area (Å²) in [6.45, 7) is 6.82. The van der Waals surface area contributed by atoms with Crippen molar-refractivity contribution in [3.05, 3.63) is 38.4 Å². The van der Waals surface area contributed by atoms with E-state index in [2.05, 4.69) is 37.5 Å². The molecule has 0 spiro atoms. The largest absolute Gasteiger partial charge is 0.323 e. The van der Waals surface area contributed by atoms with Gasteiger partial charge in [-0.25, -0.2) is 0 Å². The fourth-order valence-electron chi connectivity index (χ4n) is 3.24. The van der Waals surface area contributed by atoms with Crippen LogP contribution in [0.4, 0.5) is 5.00 Å². The van der Waals surface area contributed by atoms with Crippen molar-refractivity contribution in [2.75, 3.05) is 5.32 Å². The van der Waals surface area contributed by atoms with Gasteiger partial charge in [-0.3, -0.25) is 10.1 Å². The molecule has 7 heteroatoms. The van der Waals surface area contributed by atoms with Gasteiger partial charge in [-0.15, -0.1) is 22.7 Å². The summed E-state index contributed by atoms with van der Waals surface area (Å²) in [6, 6.07) is 5.89. The molecule has 0 unspecified atom stereocenters. The molecule has 0 aromatic carbocycles. The van der Waals surface area contributed by atoms with E-state index in [1.54, 1.807) is 17.4 Å². The molecule has 2 aromatic rings. The molecule has 4 nitrogen and oxygen atoms in total. The zero-order valence-corrected chi connectivity index (χ0v) is 17.5. The Balaban J connectivity index is 1.75. The fourth-order valence-corrected chi connectivity index (χ4v) is 5.40. The van der Waals surface area contributed by atoms with E-state index in [1.165, 1.54) is 16.2 Å². The van der Waals surface area contributed by atoms with Gasteiger partial charge in [0, 0.05) is 4.88 Å².